The number of benzene rings is 2. The molecule has 0 radical (unpaired) electrons. The average Bonchev–Trinajstić information content (AvgIpc) is 2.86. The first kappa shape index (κ1) is 19.2. The fraction of sp³-hybridized carbons (Fsp3) is 0.478. The number of anilines is 1. The van der Waals surface area contributed by atoms with Crippen molar-refractivity contribution in [1.82, 2.24) is 0 Å². The van der Waals surface area contributed by atoms with Crippen LogP contribution in [0.5, 0.6) is 0 Å². The van der Waals surface area contributed by atoms with E-state index in [1.165, 1.54) is 41.2 Å². The number of ether oxygens (including phenoxy) is 1. The van der Waals surface area contributed by atoms with Crippen molar-refractivity contribution in [2.24, 2.45) is 0 Å². The molecule has 4 heteroatoms. The van der Waals surface area contributed by atoms with E-state index in [1.54, 1.807) is 0 Å². The maximum atomic E-state index is 6.51. The Morgan fingerprint density at radius 2 is 1.78 bits per heavy atom. The lowest BCUT2D eigenvalue weighted by atomic mass is 10.0. The molecule has 0 unspecified atom stereocenters. The molecule has 144 valence electrons. The molecule has 0 spiro atoms. The minimum Gasteiger partial charge on any atom is -0.378 e. The van der Waals surface area contributed by atoms with Gasteiger partial charge in [-0.15, -0.1) is 11.8 Å². The first-order chi connectivity index (χ1) is 13.3. The monoisotopic (exact) mass is 399 g/mol. The summed E-state index contributed by atoms with van der Waals surface area (Å²) in [5.74, 6) is 2.48. The van der Waals surface area contributed by atoms with E-state index >= 15 is 0 Å². The Balaban J connectivity index is 1.56. The fourth-order valence-corrected chi connectivity index (χ4v) is 7.06. The number of nitrogens with one attached hydrogen (secondary N) is 1. The lowest BCUT2D eigenvalue weighted by Gasteiger charge is -2.26. The molecule has 2 fully saturated rings. The van der Waals surface area contributed by atoms with E-state index in [4.69, 9.17) is 4.74 Å². The van der Waals surface area contributed by atoms with Crippen LogP contribution in [0.2, 0.25) is 0 Å². The Hall–Kier alpha value is -1.10. The van der Waals surface area contributed by atoms with Gasteiger partial charge in [0.15, 0.2) is 0 Å². The number of thioether (sulfide) groups is 2. The minimum atomic E-state index is 0.313. The standard InChI is InChI=1S/C23H29NOS2/c1-2-9-20-21(22-23(25-20)27-15-8-14-26-22)24-19-13-7-6-12-18(19)16-17-10-4-3-5-11-17/h3-7,10-13,20-24H,2,8-9,14-16H2,1H3/t20-,21+,22+,23-/m1/s1. The zero-order valence-corrected chi connectivity index (χ0v) is 17.6. The summed E-state index contributed by atoms with van der Waals surface area (Å²) < 4.78 is 6.51. The minimum absolute atomic E-state index is 0.313. The zero-order valence-electron chi connectivity index (χ0n) is 16.0. The van der Waals surface area contributed by atoms with Crippen molar-refractivity contribution in [2.45, 2.75) is 55.4 Å². The Labute approximate surface area is 171 Å². The highest BCUT2D eigenvalue weighted by Crippen LogP contribution is 2.42. The van der Waals surface area contributed by atoms with Gasteiger partial charge in [-0.3, -0.25) is 0 Å². The Bertz CT molecular complexity index is 723. The predicted octanol–water partition coefficient (Wildman–Crippen LogP) is 5.82. The summed E-state index contributed by atoms with van der Waals surface area (Å²) in [5.41, 5.74) is 4.34. The smallest absolute Gasteiger partial charge is 0.117 e. The second-order valence-electron chi connectivity index (χ2n) is 7.38. The van der Waals surface area contributed by atoms with Crippen LogP contribution >= 0.6 is 23.5 Å². The lowest BCUT2D eigenvalue weighted by Crippen LogP contribution is -2.37. The quantitative estimate of drug-likeness (QED) is 0.660. The third kappa shape index (κ3) is 4.67. The van der Waals surface area contributed by atoms with Crippen LogP contribution in [-0.2, 0) is 11.2 Å². The molecule has 2 aromatic rings. The molecular weight excluding hydrogens is 370 g/mol. The summed E-state index contributed by atoms with van der Waals surface area (Å²) in [6.45, 7) is 2.26. The average molecular weight is 400 g/mol. The molecule has 2 saturated heterocycles. The van der Waals surface area contributed by atoms with Gasteiger partial charge in [-0.2, -0.15) is 11.8 Å². The molecule has 27 heavy (non-hydrogen) atoms. The summed E-state index contributed by atoms with van der Waals surface area (Å²) >= 11 is 4.14. The summed E-state index contributed by atoms with van der Waals surface area (Å²) in [4.78, 5) is 0. The largest absolute Gasteiger partial charge is 0.378 e. The van der Waals surface area contributed by atoms with E-state index in [-0.39, 0.29) is 0 Å². The number of rotatable bonds is 6. The third-order valence-corrected chi connectivity index (χ3v) is 8.24. The molecule has 0 bridgehead atoms. The van der Waals surface area contributed by atoms with Crippen molar-refractivity contribution in [3.8, 4) is 0 Å². The van der Waals surface area contributed by atoms with Crippen LogP contribution in [0.15, 0.2) is 54.6 Å². The van der Waals surface area contributed by atoms with Crippen LogP contribution in [0.1, 0.15) is 37.3 Å². The zero-order chi connectivity index (χ0) is 18.5. The van der Waals surface area contributed by atoms with Crippen LogP contribution < -0.4 is 5.32 Å². The molecule has 2 heterocycles. The van der Waals surface area contributed by atoms with Crippen LogP contribution in [0.3, 0.4) is 0 Å². The van der Waals surface area contributed by atoms with E-state index in [1.807, 2.05) is 11.8 Å². The van der Waals surface area contributed by atoms with Gasteiger partial charge in [0.1, 0.15) is 5.44 Å². The maximum absolute atomic E-state index is 6.51. The molecule has 4 atom stereocenters. The van der Waals surface area contributed by atoms with E-state index in [2.05, 4.69) is 78.6 Å². The van der Waals surface area contributed by atoms with Crippen molar-refractivity contribution in [3.05, 3.63) is 65.7 Å². The number of hydrogen-bond donors (Lipinski definition) is 1. The van der Waals surface area contributed by atoms with Gasteiger partial charge in [0.25, 0.3) is 0 Å². The van der Waals surface area contributed by atoms with Crippen molar-refractivity contribution in [2.75, 3.05) is 16.8 Å². The third-order valence-electron chi connectivity index (χ3n) is 5.36. The van der Waals surface area contributed by atoms with Gasteiger partial charge in [0.2, 0.25) is 0 Å². The molecular formula is C23H29NOS2. The van der Waals surface area contributed by atoms with Crippen molar-refractivity contribution >= 4 is 29.2 Å². The highest BCUT2D eigenvalue weighted by molar-refractivity contribution is 8.04. The van der Waals surface area contributed by atoms with Gasteiger partial charge < -0.3 is 10.1 Å². The van der Waals surface area contributed by atoms with E-state index < -0.39 is 0 Å². The van der Waals surface area contributed by atoms with Gasteiger partial charge in [0, 0.05) is 5.69 Å². The summed E-state index contributed by atoms with van der Waals surface area (Å²) in [6.07, 6.45) is 4.87. The van der Waals surface area contributed by atoms with Crippen molar-refractivity contribution in [1.29, 1.82) is 0 Å². The second kappa shape index (κ2) is 9.40. The van der Waals surface area contributed by atoms with Crippen LogP contribution in [0, 0.1) is 0 Å². The van der Waals surface area contributed by atoms with E-state index in [9.17, 15) is 0 Å². The Kier molecular flexibility index (Phi) is 6.69. The molecule has 2 aliphatic rings. The first-order valence-corrected chi connectivity index (χ1v) is 12.2. The van der Waals surface area contributed by atoms with Gasteiger partial charge in [-0.25, -0.2) is 0 Å². The van der Waals surface area contributed by atoms with Gasteiger partial charge >= 0.3 is 0 Å². The molecule has 0 amide bonds. The van der Waals surface area contributed by atoms with Crippen LogP contribution in [0.25, 0.3) is 0 Å². The van der Waals surface area contributed by atoms with Crippen LogP contribution in [-0.4, -0.2) is 34.3 Å². The topological polar surface area (TPSA) is 21.3 Å². The molecule has 0 saturated carbocycles. The van der Waals surface area contributed by atoms with Gasteiger partial charge in [-0.05, 0) is 48.0 Å². The lowest BCUT2D eigenvalue weighted by molar-refractivity contribution is 0.0826. The van der Waals surface area contributed by atoms with Crippen molar-refractivity contribution in [3.63, 3.8) is 0 Å². The SMILES string of the molecule is CCC[C@H]1O[C@@H]2SCCCS[C@H]2[C@H]1Nc1ccccc1Cc1ccccc1. The first-order valence-electron chi connectivity index (χ1n) is 10.1. The summed E-state index contributed by atoms with van der Waals surface area (Å²) in [7, 11) is 0. The molecule has 2 aromatic carbocycles. The maximum Gasteiger partial charge on any atom is 0.117 e. The molecule has 0 aromatic heterocycles. The van der Waals surface area contributed by atoms with E-state index in [0.29, 0.717) is 22.8 Å². The van der Waals surface area contributed by atoms with Gasteiger partial charge in [-0.1, -0.05) is 61.9 Å². The van der Waals surface area contributed by atoms with E-state index in [0.717, 1.165) is 12.8 Å². The van der Waals surface area contributed by atoms with Gasteiger partial charge in [0.05, 0.1) is 17.4 Å². The molecule has 1 N–H and O–H groups in total. The number of para-hydroxylation sites is 1. The van der Waals surface area contributed by atoms with Crippen molar-refractivity contribution < 1.29 is 4.74 Å². The van der Waals surface area contributed by atoms with Crippen LogP contribution in [0.4, 0.5) is 5.69 Å². The number of hydrogen-bond acceptors (Lipinski definition) is 4. The highest BCUT2D eigenvalue weighted by Gasteiger charge is 2.45. The number of fused-ring (bicyclic) bond motifs is 1. The Morgan fingerprint density at radius 1 is 1.00 bits per heavy atom. The molecule has 0 aliphatic carbocycles. The molecule has 2 nitrogen and oxygen atoms in total. The summed E-state index contributed by atoms with van der Waals surface area (Å²) in [5, 5.41) is 4.47. The summed E-state index contributed by atoms with van der Waals surface area (Å²) in [6, 6.07) is 19.9. The normalized spacial score (nSPS) is 27.7. The predicted molar refractivity (Wildman–Crippen MR) is 120 cm³/mol. The fourth-order valence-electron chi connectivity index (χ4n) is 4.03. The molecule has 2 aliphatic heterocycles. The second-order valence-corrected chi connectivity index (χ2v) is 9.87. The molecule has 4 rings (SSSR count). The Morgan fingerprint density at radius 3 is 2.63 bits per heavy atom. The highest BCUT2D eigenvalue weighted by atomic mass is 32.2.